The lowest BCUT2D eigenvalue weighted by Gasteiger charge is -2.25. The van der Waals surface area contributed by atoms with Gasteiger partial charge in [-0.2, -0.15) is 0 Å². The minimum Gasteiger partial charge on any atom is -0.304 e. The van der Waals surface area contributed by atoms with Gasteiger partial charge in [-0.25, -0.2) is 5.48 Å². The van der Waals surface area contributed by atoms with Gasteiger partial charge in [0, 0.05) is 10.6 Å². The van der Waals surface area contributed by atoms with E-state index in [0.717, 1.165) is 27.3 Å². The molecule has 0 saturated heterocycles. The maximum atomic E-state index is 11.9. The van der Waals surface area contributed by atoms with Crippen LogP contribution in [0.15, 0.2) is 83.8 Å². The Bertz CT molecular complexity index is 916. The fourth-order valence-electron chi connectivity index (χ4n) is 3.22. The first-order chi connectivity index (χ1) is 12.8. The van der Waals surface area contributed by atoms with Crippen molar-refractivity contribution in [2.24, 2.45) is 0 Å². The third-order valence-electron chi connectivity index (χ3n) is 4.47. The fourth-order valence-corrected chi connectivity index (χ4v) is 4.40. The molecule has 1 unspecified atom stereocenters. The summed E-state index contributed by atoms with van der Waals surface area (Å²) in [6.45, 7) is 0. The number of hydrogen-bond donors (Lipinski definition) is 2. The molecular formula is C21H18N2O2S. The number of carbonyl (C=O) groups is 1. The van der Waals surface area contributed by atoms with E-state index >= 15 is 0 Å². The van der Waals surface area contributed by atoms with Crippen molar-refractivity contribution in [1.82, 2.24) is 5.48 Å². The maximum Gasteiger partial charge on any atom is 0.245 e. The molecule has 130 valence electrons. The molecule has 1 heterocycles. The van der Waals surface area contributed by atoms with Crippen molar-refractivity contribution in [3.05, 3.63) is 84.4 Å². The summed E-state index contributed by atoms with van der Waals surface area (Å²) >= 11 is 1.63. The van der Waals surface area contributed by atoms with Gasteiger partial charge in [0.05, 0.1) is 12.5 Å². The van der Waals surface area contributed by atoms with Crippen LogP contribution >= 0.6 is 11.9 Å². The SMILES string of the molecule is O=C(CC1c2cc(-c3ccccc3)ccc2SN1c1ccccc1)NO. The van der Waals surface area contributed by atoms with Crippen LogP contribution in [0.2, 0.25) is 0 Å². The van der Waals surface area contributed by atoms with Crippen LogP contribution in [-0.2, 0) is 4.79 Å². The topological polar surface area (TPSA) is 52.6 Å². The molecule has 5 heteroatoms. The second-order valence-corrected chi connectivity index (χ2v) is 7.14. The van der Waals surface area contributed by atoms with E-state index in [4.69, 9.17) is 5.21 Å². The number of nitrogens with one attached hydrogen (secondary N) is 1. The molecule has 1 aliphatic heterocycles. The minimum absolute atomic E-state index is 0.145. The normalized spacial score (nSPS) is 15.6. The lowest BCUT2D eigenvalue weighted by molar-refractivity contribution is -0.129. The molecule has 3 aromatic rings. The van der Waals surface area contributed by atoms with E-state index in [1.54, 1.807) is 17.4 Å². The highest BCUT2D eigenvalue weighted by molar-refractivity contribution is 8.01. The number of amides is 1. The van der Waals surface area contributed by atoms with Crippen LogP contribution in [0.25, 0.3) is 11.1 Å². The van der Waals surface area contributed by atoms with Crippen LogP contribution in [-0.4, -0.2) is 11.1 Å². The van der Waals surface area contributed by atoms with Crippen LogP contribution in [0.1, 0.15) is 18.0 Å². The molecule has 26 heavy (non-hydrogen) atoms. The average Bonchev–Trinajstić information content (AvgIpc) is 3.07. The van der Waals surface area contributed by atoms with Crippen LogP contribution in [0, 0.1) is 0 Å². The number of nitrogens with zero attached hydrogens (tertiary/aromatic N) is 1. The molecule has 0 aromatic heterocycles. The Morgan fingerprint density at radius 2 is 1.65 bits per heavy atom. The van der Waals surface area contributed by atoms with Crippen LogP contribution in [0.5, 0.6) is 0 Å². The predicted octanol–water partition coefficient (Wildman–Crippen LogP) is 4.82. The van der Waals surface area contributed by atoms with E-state index in [0.29, 0.717) is 0 Å². The van der Waals surface area contributed by atoms with Crippen LogP contribution in [0.4, 0.5) is 5.69 Å². The van der Waals surface area contributed by atoms with E-state index in [-0.39, 0.29) is 12.5 Å². The van der Waals surface area contributed by atoms with Gasteiger partial charge in [-0.3, -0.25) is 10.0 Å². The largest absolute Gasteiger partial charge is 0.304 e. The number of para-hydroxylation sites is 1. The molecule has 0 radical (unpaired) electrons. The lowest BCUT2D eigenvalue weighted by atomic mass is 9.97. The Morgan fingerprint density at radius 3 is 2.35 bits per heavy atom. The highest BCUT2D eigenvalue weighted by Crippen LogP contribution is 2.49. The fraction of sp³-hybridized carbons (Fsp3) is 0.0952. The van der Waals surface area contributed by atoms with Gasteiger partial charge < -0.3 is 4.31 Å². The first-order valence-corrected chi connectivity index (χ1v) is 9.18. The highest BCUT2D eigenvalue weighted by Gasteiger charge is 2.33. The molecule has 2 N–H and O–H groups in total. The van der Waals surface area contributed by atoms with Crippen molar-refractivity contribution in [3.8, 4) is 11.1 Å². The first-order valence-electron chi connectivity index (χ1n) is 8.41. The first kappa shape index (κ1) is 16.7. The second-order valence-electron chi connectivity index (χ2n) is 6.13. The molecule has 0 fully saturated rings. The number of carbonyl (C=O) groups excluding carboxylic acids is 1. The van der Waals surface area contributed by atoms with Gasteiger partial charge in [-0.1, -0.05) is 54.6 Å². The molecule has 0 spiro atoms. The van der Waals surface area contributed by atoms with Crippen molar-refractivity contribution in [1.29, 1.82) is 0 Å². The maximum absolute atomic E-state index is 11.9. The predicted molar refractivity (Wildman–Crippen MR) is 104 cm³/mol. The summed E-state index contributed by atoms with van der Waals surface area (Å²) in [4.78, 5) is 13.0. The standard InChI is InChI=1S/C21H18N2O2S/c24-21(22-25)14-19-18-13-16(15-7-3-1-4-8-15)11-12-20(18)26-23(19)17-9-5-2-6-10-17/h1-13,19,25H,14H2,(H,22,24). The molecule has 0 bridgehead atoms. The summed E-state index contributed by atoms with van der Waals surface area (Å²) < 4.78 is 2.13. The zero-order valence-electron chi connectivity index (χ0n) is 14.0. The molecule has 0 aliphatic carbocycles. The number of rotatable bonds is 4. The number of hydroxylamine groups is 1. The molecule has 0 saturated carbocycles. The Morgan fingerprint density at radius 1 is 0.962 bits per heavy atom. The summed E-state index contributed by atoms with van der Waals surface area (Å²) in [6, 6.07) is 26.4. The van der Waals surface area contributed by atoms with Gasteiger partial charge in [-0.15, -0.1) is 0 Å². The smallest absolute Gasteiger partial charge is 0.245 e. The number of anilines is 1. The van der Waals surface area contributed by atoms with Crippen LogP contribution < -0.4 is 9.79 Å². The number of hydrogen-bond acceptors (Lipinski definition) is 4. The summed E-state index contributed by atoms with van der Waals surface area (Å²) in [5.74, 6) is -0.394. The average molecular weight is 362 g/mol. The van der Waals surface area contributed by atoms with Gasteiger partial charge in [0.1, 0.15) is 0 Å². The second kappa shape index (κ2) is 7.23. The molecular weight excluding hydrogens is 344 g/mol. The van der Waals surface area contributed by atoms with E-state index in [2.05, 4.69) is 34.6 Å². The van der Waals surface area contributed by atoms with Gasteiger partial charge >= 0.3 is 0 Å². The molecule has 1 atom stereocenters. The van der Waals surface area contributed by atoms with Crippen molar-refractivity contribution in [3.63, 3.8) is 0 Å². The van der Waals surface area contributed by atoms with E-state index in [1.165, 1.54) is 0 Å². The van der Waals surface area contributed by atoms with E-state index < -0.39 is 5.91 Å². The van der Waals surface area contributed by atoms with Crippen molar-refractivity contribution in [2.75, 3.05) is 4.31 Å². The molecule has 1 amide bonds. The Labute approximate surface area is 156 Å². The number of benzene rings is 3. The molecule has 1 aliphatic rings. The summed E-state index contributed by atoms with van der Waals surface area (Å²) in [7, 11) is 0. The minimum atomic E-state index is -0.394. The Kier molecular flexibility index (Phi) is 4.65. The van der Waals surface area contributed by atoms with Crippen molar-refractivity contribution in [2.45, 2.75) is 17.4 Å². The zero-order valence-corrected chi connectivity index (χ0v) is 14.8. The van der Waals surface area contributed by atoms with Gasteiger partial charge in [0.25, 0.3) is 0 Å². The Balaban J connectivity index is 1.75. The van der Waals surface area contributed by atoms with Gasteiger partial charge in [0.2, 0.25) is 5.91 Å². The van der Waals surface area contributed by atoms with Crippen LogP contribution in [0.3, 0.4) is 0 Å². The monoisotopic (exact) mass is 362 g/mol. The third-order valence-corrected chi connectivity index (χ3v) is 5.70. The van der Waals surface area contributed by atoms with E-state index in [1.807, 2.05) is 48.5 Å². The summed E-state index contributed by atoms with van der Waals surface area (Å²) in [5, 5.41) is 9.01. The third kappa shape index (κ3) is 3.19. The van der Waals surface area contributed by atoms with Gasteiger partial charge in [-0.05, 0) is 52.9 Å². The summed E-state index contributed by atoms with van der Waals surface area (Å²) in [6.07, 6.45) is 0.184. The zero-order chi connectivity index (χ0) is 17.9. The molecule has 3 aromatic carbocycles. The highest BCUT2D eigenvalue weighted by atomic mass is 32.2. The number of fused-ring (bicyclic) bond motifs is 1. The molecule has 4 nitrogen and oxygen atoms in total. The van der Waals surface area contributed by atoms with E-state index in [9.17, 15) is 4.79 Å². The lowest BCUT2D eigenvalue weighted by Crippen LogP contribution is -2.26. The van der Waals surface area contributed by atoms with Crippen molar-refractivity contribution >= 4 is 23.5 Å². The van der Waals surface area contributed by atoms with Gasteiger partial charge in [0.15, 0.2) is 0 Å². The van der Waals surface area contributed by atoms with Crippen molar-refractivity contribution < 1.29 is 10.0 Å². The summed E-state index contributed by atoms with van der Waals surface area (Å²) in [5.41, 5.74) is 6.16. The Hall–Kier alpha value is -2.76. The quantitative estimate of drug-likeness (QED) is 0.397. The molecule has 4 rings (SSSR count).